The molecule has 0 atom stereocenters. The van der Waals surface area contributed by atoms with Crippen LogP contribution in [-0.2, 0) is 6.42 Å². The molecule has 20 heavy (non-hydrogen) atoms. The molecule has 0 bridgehead atoms. The third-order valence-corrected chi connectivity index (χ3v) is 4.76. The monoisotopic (exact) mass is 275 g/mol. The summed E-state index contributed by atoms with van der Waals surface area (Å²) >= 11 is 0. The SMILES string of the molecule is CNC1CCC(N2CCc3ccc([N+](=O)[O-])cc32)CC1. The van der Waals surface area contributed by atoms with Gasteiger partial charge in [0.25, 0.3) is 5.69 Å². The number of anilines is 1. The van der Waals surface area contributed by atoms with E-state index in [1.54, 1.807) is 12.1 Å². The maximum absolute atomic E-state index is 10.9. The Morgan fingerprint density at radius 1 is 1.30 bits per heavy atom. The molecule has 0 aromatic heterocycles. The zero-order valence-corrected chi connectivity index (χ0v) is 11.8. The molecule has 0 radical (unpaired) electrons. The molecule has 1 N–H and O–H groups in total. The van der Waals surface area contributed by atoms with Gasteiger partial charge in [0.05, 0.1) is 4.92 Å². The van der Waals surface area contributed by atoms with Crippen molar-refractivity contribution in [1.29, 1.82) is 0 Å². The molecule has 1 aliphatic carbocycles. The Kier molecular flexibility index (Phi) is 3.61. The fourth-order valence-electron chi connectivity index (χ4n) is 3.56. The molecule has 3 rings (SSSR count). The summed E-state index contributed by atoms with van der Waals surface area (Å²) in [5, 5.41) is 14.3. The average Bonchev–Trinajstić information content (AvgIpc) is 2.90. The fourth-order valence-corrected chi connectivity index (χ4v) is 3.56. The van der Waals surface area contributed by atoms with Crippen LogP contribution in [0.3, 0.4) is 0 Å². The number of benzene rings is 1. The van der Waals surface area contributed by atoms with E-state index in [0.717, 1.165) is 18.7 Å². The number of nitro benzene ring substituents is 1. The van der Waals surface area contributed by atoms with E-state index in [9.17, 15) is 10.1 Å². The van der Waals surface area contributed by atoms with Crippen molar-refractivity contribution in [3.05, 3.63) is 33.9 Å². The Morgan fingerprint density at radius 3 is 2.70 bits per heavy atom. The van der Waals surface area contributed by atoms with Crippen LogP contribution in [0, 0.1) is 10.1 Å². The number of non-ortho nitro benzene ring substituents is 1. The first-order chi connectivity index (χ1) is 9.69. The first kappa shape index (κ1) is 13.4. The molecule has 1 aliphatic heterocycles. The molecule has 0 spiro atoms. The lowest BCUT2D eigenvalue weighted by atomic mass is 9.90. The Hall–Kier alpha value is -1.62. The molecule has 1 fully saturated rings. The number of nitrogens with one attached hydrogen (secondary N) is 1. The minimum Gasteiger partial charge on any atom is -0.368 e. The van der Waals surface area contributed by atoms with Gasteiger partial charge in [0.15, 0.2) is 0 Å². The van der Waals surface area contributed by atoms with E-state index in [2.05, 4.69) is 10.2 Å². The number of hydrogen-bond donors (Lipinski definition) is 1. The van der Waals surface area contributed by atoms with Crippen molar-refractivity contribution in [3.63, 3.8) is 0 Å². The molecule has 1 aromatic carbocycles. The Bertz CT molecular complexity index is 510. The van der Waals surface area contributed by atoms with Crippen LogP contribution in [0.1, 0.15) is 31.2 Å². The highest BCUT2D eigenvalue weighted by molar-refractivity contribution is 5.63. The van der Waals surface area contributed by atoms with Gasteiger partial charge in [-0.1, -0.05) is 6.07 Å². The van der Waals surface area contributed by atoms with Gasteiger partial charge in [-0.05, 0) is 44.7 Å². The normalized spacial score (nSPS) is 25.6. The second kappa shape index (κ2) is 5.40. The van der Waals surface area contributed by atoms with Gasteiger partial charge >= 0.3 is 0 Å². The van der Waals surface area contributed by atoms with Crippen LogP contribution in [0.15, 0.2) is 18.2 Å². The van der Waals surface area contributed by atoms with E-state index in [4.69, 9.17) is 0 Å². The second-order valence-corrected chi connectivity index (χ2v) is 5.81. The molecule has 1 aromatic rings. The van der Waals surface area contributed by atoms with Gasteiger partial charge in [-0.3, -0.25) is 10.1 Å². The molecule has 0 unspecified atom stereocenters. The van der Waals surface area contributed by atoms with Crippen LogP contribution in [0.5, 0.6) is 0 Å². The van der Waals surface area contributed by atoms with Crippen LogP contribution in [0.2, 0.25) is 0 Å². The van der Waals surface area contributed by atoms with Crippen LogP contribution in [0.25, 0.3) is 0 Å². The lowest BCUT2D eigenvalue weighted by molar-refractivity contribution is -0.384. The van der Waals surface area contributed by atoms with E-state index in [-0.39, 0.29) is 10.6 Å². The second-order valence-electron chi connectivity index (χ2n) is 5.81. The van der Waals surface area contributed by atoms with Gasteiger partial charge in [0.2, 0.25) is 0 Å². The molecule has 5 heteroatoms. The lowest BCUT2D eigenvalue weighted by Gasteiger charge is -2.36. The third-order valence-electron chi connectivity index (χ3n) is 4.76. The summed E-state index contributed by atoms with van der Waals surface area (Å²) in [6.45, 7) is 1.01. The van der Waals surface area contributed by atoms with Crippen LogP contribution in [-0.4, -0.2) is 30.6 Å². The molecule has 1 heterocycles. The third kappa shape index (κ3) is 2.38. The number of nitrogens with zero attached hydrogens (tertiary/aromatic N) is 2. The van der Waals surface area contributed by atoms with Crippen molar-refractivity contribution in [3.8, 4) is 0 Å². The van der Waals surface area contributed by atoms with Gasteiger partial charge < -0.3 is 10.2 Å². The highest BCUT2D eigenvalue weighted by atomic mass is 16.6. The first-order valence-electron chi connectivity index (χ1n) is 7.40. The van der Waals surface area contributed by atoms with Crippen molar-refractivity contribution in [1.82, 2.24) is 5.32 Å². The van der Waals surface area contributed by atoms with Crippen LogP contribution in [0.4, 0.5) is 11.4 Å². The highest BCUT2D eigenvalue weighted by Gasteiger charge is 2.30. The number of hydrogen-bond acceptors (Lipinski definition) is 4. The van der Waals surface area contributed by atoms with E-state index in [1.165, 1.54) is 31.2 Å². The molecule has 108 valence electrons. The van der Waals surface area contributed by atoms with E-state index < -0.39 is 0 Å². The maximum Gasteiger partial charge on any atom is 0.271 e. The molecular formula is C15H21N3O2. The van der Waals surface area contributed by atoms with Crippen LogP contribution < -0.4 is 10.2 Å². The summed E-state index contributed by atoms with van der Waals surface area (Å²) in [6.07, 6.45) is 5.75. The minimum atomic E-state index is -0.297. The summed E-state index contributed by atoms with van der Waals surface area (Å²) in [5.74, 6) is 0. The summed E-state index contributed by atoms with van der Waals surface area (Å²) in [7, 11) is 2.03. The predicted molar refractivity (Wildman–Crippen MR) is 79.3 cm³/mol. The zero-order chi connectivity index (χ0) is 14.1. The Labute approximate surface area is 119 Å². The van der Waals surface area contributed by atoms with Crippen molar-refractivity contribution >= 4 is 11.4 Å². The van der Waals surface area contributed by atoms with Crippen LogP contribution >= 0.6 is 0 Å². The standard InChI is InChI=1S/C15H21N3O2/c1-16-12-3-6-13(7-4-12)17-9-8-11-2-5-14(18(19)20)10-15(11)17/h2,5,10,12-13,16H,3-4,6-9H2,1H3. The largest absolute Gasteiger partial charge is 0.368 e. The molecule has 2 aliphatic rings. The summed E-state index contributed by atoms with van der Waals surface area (Å²) in [6, 6.07) is 6.49. The topological polar surface area (TPSA) is 58.4 Å². The number of rotatable bonds is 3. The first-order valence-corrected chi connectivity index (χ1v) is 7.40. The van der Waals surface area contributed by atoms with Crippen molar-refractivity contribution < 1.29 is 4.92 Å². The number of nitro groups is 1. The van der Waals surface area contributed by atoms with Crippen molar-refractivity contribution in [2.75, 3.05) is 18.5 Å². The average molecular weight is 275 g/mol. The highest BCUT2D eigenvalue weighted by Crippen LogP contribution is 2.36. The van der Waals surface area contributed by atoms with Gasteiger partial charge in [-0.15, -0.1) is 0 Å². The van der Waals surface area contributed by atoms with Gasteiger partial charge in [-0.2, -0.15) is 0 Å². The van der Waals surface area contributed by atoms with E-state index in [0.29, 0.717) is 12.1 Å². The molecular weight excluding hydrogens is 254 g/mol. The number of fused-ring (bicyclic) bond motifs is 1. The fraction of sp³-hybridized carbons (Fsp3) is 0.600. The lowest BCUT2D eigenvalue weighted by Crippen LogP contribution is -2.41. The predicted octanol–water partition coefficient (Wildman–Crippen LogP) is 2.49. The van der Waals surface area contributed by atoms with E-state index >= 15 is 0 Å². The van der Waals surface area contributed by atoms with Crippen molar-refractivity contribution in [2.24, 2.45) is 0 Å². The quantitative estimate of drug-likeness (QED) is 0.680. The molecule has 0 amide bonds. The molecule has 0 saturated heterocycles. The van der Waals surface area contributed by atoms with Crippen molar-refractivity contribution in [2.45, 2.75) is 44.2 Å². The zero-order valence-electron chi connectivity index (χ0n) is 11.8. The van der Waals surface area contributed by atoms with Gasteiger partial charge in [0, 0.05) is 36.4 Å². The van der Waals surface area contributed by atoms with Gasteiger partial charge in [0.1, 0.15) is 0 Å². The van der Waals surface area contributed by atoms with Gasteiger partial charge in [-0.25, -0.2) is 0 Å². The minimum absolute atomic E-state index is 0.208. The maximum atomic E-state index is 10.9. The molecule has 1 saturated carbocycles. The Morgan fingerprint density at radius 2 is 2.05 bits per heavy atom. The summed E-state index contributed by atoms with van der Waals surface area (Å²) in [4.78, 5) is 13.0. The summed E-state index contributed by atoms with van der Waals surface area (Å²) in [5.41, 5.74) is 2.55. The van der Waals surface area contributed by atoms with E-state index in [1.807, 2.05) is 13.1 Å². The Balaban J connectivity index is 1.78. The molecule has 5 nitrogen and oxygen atoms in total. The summed E-state index contributed by atoms with van der Waals surface area (Å²) < 4.78 is 0. The smallest absolute Gasteiger partial charge is 0.271 e.